The summed E-state index contributed by atoms with van der Waals surface area (Å²) in [5.74, 6) is -5.17. The van der Waals surface area contributed by atoms with Crippen LogP contribution in [0.2, 0.25) is 0 Å². The molecule has 40 heavy (non-hydrogen) atoms. The first kappa shape index (κ1) is 28.8. The van der Waals surface area contributed by atoms with Gasteiger partial charge in [-0.15, -0.1) is 0 Å². The van der Waals surface area contributed by atoms with E-state index in [9.17, 15) is 27.6 Å². The second kappa shape index (κ2) is 11.1. The van der Waals surface area contributed by atoms with Gasteiger partial charge in [0.2, 0.25) is 17.8 Å². The Morgan fingerprint density at radius 3 is 2.25 bits per heavy atom. The molecular weight excluding hydrogens is 534 g/mol. The Hall–Kier alpha value is -4.20. The lowest BCUT2D eigenvalue weighted by Gasteiger charge is -2.44. The number of carbonyl (C=O) groups is 3. The number of dihydropyridines is 1. The van der Waals surface area contributed by atoms with E-state index in [0.717, 1.165) is 0 Å². The second-order valence-electron chi connectivity index (χ2n) is 9.77. The molecule has 212 valence electrons. The van der Waals surface area contributed by atoms with Crippen molar-refractivity contribution >= 4 is 41.3 Å². The molecule has 1 saturated heterocycles. The van der Waals surface area contributed by atoms with Crippen LogP contribution >= 0.6 is 0 Å². The van der Waals surface area contributed by atoms with Gasteiger partial charge in [0, 0.05) is 67.9 Å². The molecule has 2 aliphatic rings. The van der Waals surface area contributed by atoms with E-state index in [2.05, 4.69) is 30.5 Å². The molecule has 0 bridgehead atoms. The zero-order valence-electron chi connectivity index (χ0n) is 22.1. The van der Waals surface area contributed by atoms with Crippen molar-refractivity contribution in [3.05, 3.63) is 42.0 Å². The Bertz CT molecular complexity index is 1380. The van der Waals surface area contributed by atoms with Gasteiger partial charge >= 0.3 is 6.18 Å². The third-order valence-electron chi connectivity index (χ3n) is 6.87. The van der Waals surface area contributed by atoms with Gasteiger partial charge in [0.1, 0.15) is 11.7 Å². The van der Waals surface area contributed by atoms with Crippen molar-refractivity contribution < 1.29 is 31.9 Å². The number of nitrogens with one attached hydrogen (secondary N) is 2. The number of piperazine rings is 1. The molecule has 1 unspecified atom stereocenters. The maximum atomic E-state index is 15.5. The Morgan fingerprint density at radius 1 is 1.05 bits per heavy atom. The average molecular weight is 562 g/mol. The van der Waals surface area contributed by atoms with E-state index in [1.807, 2.05) is 25.8 Å². The fourth-order valence-electron chi connectivity index (χ4n) is 4.60. The molecule has 3 heterocycles. The minimum Gasteiger partial charge on any atom is -0.367 e. The van der Waals surface area contributed by atoms with Crippen molar-refractivity contribution in [1.29, 1.82) is 0 Å². The van der Waals surface area contributed by atoms with Gasteiger partial charge < -0.3 is 10.2 Å². The highest BCUT2D eigenvalue weighted by Crippen LogP contribution is 2.38. The molecule has 2 aliphatic heterocycles. The lowest BCUT2D eigenvalue weighted by molar-refractivity contribution is -0.124. The zero-order valence-corrected chi connectivity index (χ0v) is 22.1. The summed E-state index contributed by atoms with van der Waals surface area (Å²) >= 11 is 0. The quantitative estimate of drug-likeness (QED) is 0.537. The molecule has 0 spiro atoms. The molecule has 4 rings (SSSR count). The first-order valence-electron chi connectivity index (χ1n) is 12.3. The molecule has 1 aromatic carbocycles. The number of halogens is 4. The summed E-state index contributed by atoms with van der Waals surface area (Å²) < 4.78 is 56.4. The fraction of sp³-hybridized carbons (Fsp3) is 0.385. The van der Waals surface area contributed by atoms with Gasteiger partial charge in [0.25, 0.3) is 5.91 Å². The smallest absolute Gasteiger partial charge is 0.367 e. The zero-order chi connectivity index (χ0) is 29.4. The third-order valence-corrected chi connectivity index (χ3v) is 6.87. The summed E-state index contributed by atoms with van der Waals surface area (Å²) in [7, 11) is 1.96. The van der Waals surface area contributed by atoms with Crippen LogP contribution in [-0.2, 0) is 14.4 Å². The van der Waals surface area contributed by atoms with Gasteiger partial charge in [-0.1, -0.05) is 0 Å². The summed E-state index contributed by atoms with van der Waals surface area (Å²) in [6.45, 7) is 6.16. The number of amides is 3. The van der Waals surface area contributed by atoms with Gasteiger partial charge in [0.15, 0.2) is 0 Å². The molecule has 3 amide bonds. The maximum Gasteiger partial charge on any atom is 0.414 e. The van der Waals surface area contributed by atoms with Crippen molar-refractivity contribution in [3.8, 4) is 11.1 Å². The molecule has 0 saturated carbocycles. The first-order valence-corrected chi connectivity index (χ1v) is 12.3. The molecular formula is C26H27F4N7O3. The first-order chi connectivity index (χ1) is 18.7. The molecule has 1 fully saturated rings. The number of hydrogen-bond acceptors (Lipinski definition) is 7. The summed E-state index contributed by atoms with van der Waals surface area (Å²) in [6.07, 6.45) is -1.47. The Labute approximate surface area is 227 Å². The molecule has 14 heteroatoms. The molecule has 2 aromatic rings. The molecule has 1 aromatic heterocycles. The van der Waals surface area contributed by atoms with Crippen molar-refractivity contribution in [1.82, 2.24) is 14.9 Å². The number of carbonyl (C=O) groups excluding carboxylic acids is 3. The van der Waals surface area contributed by atoms with Gasteiger partial charge in [-0.05, 0) is 33.0 Å². The van der Waals surface area contributed by atoms with Gasteiger partial charge in [-0.3, -0.25) is 24.6 Å². The van der Waals surface area contributed by atoms with Crippen molar-refractivity contribution in [2.45, 2.75) is 39.0 Å². The SMILES string of the molecule is CC(=O)Nc1ncc(-c2cc(NC(=O)C3C=NC(=O)C=C3C(F)(F)F)c(N3C[C@@H](C)N(C)[C@@H](C)C3)cc2F)cn1. The number of alkyl halides is 3. The minimum atomic E-state index is -4.95. The Morgan fingerprint density at radius 2 is 1.68 bits per heavy atom. The number of aromatic nitrogens is 2. The molecule has 10 nitrogen and oxygen atoms in total. The second-order valence-corrected chi connectivity index (χ2v) is 9.77. The number of anilines is 3. The minimum absolute atomic E-state index is 0.000170. The van der Waals surface area contributed by atoms with Crippen LogP contribution in [0.3, 0.4) is 0 Å². The summed E-state index contributed by atoms with van der Waals surface area (Å²) in [6, 6.07) is 2.62. The van der Waals surface area contributed by atoms with Gasteiger partial charge in [-0.25, -0.2) is 19.4 Å². The normalized spacial score (nSPS) is 21.7. The van der Waals surface area contributed by atoms with Gasteiger partial charge in [0.05, 0.1) is 16.9 Å². The summed E-state index contributed by atoms with van der Waals surface area (Å²) in [4.78, 5) is 51.3. The number of nitrogens with zero attached hydrogens (tertiary/aromatic N) is 5. The molecule has 3 atom stereocenters. The van der Waals surface area contributed by atoms with Crippen molar-refractivity contribution in [2.75, 3.05) is 35.7 Å². The largest absolute Gasteiger partial charge is 0.414 e. The summed E-state index contributed by atoms with van der Waals surface area (Å²) in [5.41, 5.74) is -0.837. The Kier molecular flexibility index (Phi) is 8.00. The number of likely N-dealkylation sites (N-methyl/N-ethyl adjacent to an activating group) is 1. The maximum absolute atomic E-state index is 15.5. The lowest BCUT2D eigenvalue weighted by Crippen LogP contribution is -2.55. The topological polar surface area (TPSA) is 120 Å². The lowest BCUT2D eigenvalue weighted by atomic mass is 9.95. The monoisotopic (exact) mass is 561 g/mol. The predicted molar refractivity (Wildman–Crippen MR) is 140 cm³/mol. The number of benzene rings is 1. The van der Waals surface area contributed by atoms with E-state index in [1.165, 1.54) is 31.5 Å². The fourth-order valence-corrected chi connectivity index (χ4v) is 4.60. The average Bonchev–Trinajstić information content (AvgIpc) is 2.87. The van der Waals surface area contributed by atoms with E-state index >= 15 is 4.39 Å². The highest BCUT2D eigenvalue weighted by atomic mass is 19.4. The standard InChI is InChI=1S/C26H27F4N7O3/c1-13-11-37(12-14(2)36(13)4)22-7-20(27)17(16-8-32-25(33-9-16)34-15(3)38)5-21(22)35-24(40)18-10-31-23(39)6-19(18)26(28,29)30/h5-10,13-14,18H,11-12H2,1-4H3,(H,35,40)(H,32,33,34,38)/t13-,14+,18?. The van der Waals surface area contributed by atoms with Crippen LogP contribution in [0.5, 0.6) is 0 Å². The highest BCUT2D eigenvalue weighted by Gasteiger charge is 2.43. The van der Waals surface area contributed by atoms with Crippen molar-refractivity contribution in [2.24, 2.45) is 10.9 Å². The summed E-state index contributed by atoms with van der Waals surface area (Å²) in [5, 5.41) is 4.91. The molecule has 0 radical (unpaired) electrons. The van der Waals surface area contributed by atoms with Gasteiger partial charge in [-0.2, -0.15) is 13.2 Å². The number of hydrogen-bond donors (Lipinski definition) is 2. The molecule has 0 aliphatic carbocycles. The van der Waals surface area contributed by atoms with E-state index in [0.29, 0.717) is 25.4 Å². The van der Waals surface area contributed by atoms with E-state index in [-0.39, 0.29) is 40.5 Å². The van der Waals surface area contributed by atoms with Crippen LogP contribution in [0.15, 0.2) is 41.2 Å². The van der Waals surface area contributed by atoms with E-state index < -0.39 is 41.2 Å². The third kappa shape index (κ3) is 6.17. The van der Waals surface area contributed by atoms with Crippen molar-refractivity contribution in [3.63, 3.8) is 0 Å². The predicted octanol–water partition coefficient (Wildman–Crippen LogP) is 3.42. The van der Waals surface area contributed by atoms with Crippen LogP contribution < -0.4 is 15.5 Å². The number of rotatable bonds is 5. The van der Waals surface area contributed by atoms with Crippen LogP contribution in [-0.4, -0.2) is 77.2 Å². The number of aliphatic imine (C=N–C) groups is 1. The highest BCUT2D eigenvalue weighted by molar-refractivity contribution is 6.11. The van der Waals surface area contributed by atoms with E-state index in [4.69, 9.17) is 0 Å². The molecule has 2 N–H and O–H groups in total. The van der Waals surface area contributed by atoms with Crippen LogP contribution in [0.4, 0.5) is 34.9 Å². The van der Waals surface area contributed by atoms with E-state index in [1.54, 1.807) is 0 Å². The van der Waals surface area contributed by atoms with Crippen LogP contribution in [0, 0.1) is 11.7 Å². The van der Waals surface area contributed by atoms with Crippen LogP contribution in [0.1, 0.15) is 20.8 Å². The Balaban J connectivity index is 1.75. The van der Waals surface area contributed by atoms with Crippen LogP contribution in [0.25, 0.3) is 11.1 Å².